The van der Waals surface area contributed by atoms with Crippen LogP contribution in [0.2, 0.25) is 0 Å². The Labute approximate surface area is 136 Å². The molecule has 0 heterocycles. The molecular formula is C19H20N2O2. The number of carbonyl (C=O) groups excluding carboxylic acids is 2. The van der Waals surface area contributed by atoms with Crippen LogP contribution < -0.4 is 10.6 Å². The van der Waals surface area contributed by atoms with Crippen LogP contribution in [0, 0.1) is 0 Å². The van der Waals surface area contributed by atoms with Crippen LogP contribution in [0.1, 0.15) is 18.1 Å². The molecule has 0 fully saturated rings. The zero-order valence-electron chi connectivity index (χ0n) is 13.1. The zero-order valence-corrected chi connectivity index (χ0v) is 13.1. The van der Waals surface area contributed by atoms with Gasteiger partial charge in [0.15, 0.2) is 0 Å². The Hall–Kier alpha value is -2.88. The molecule has 0 atom stereocenters. The number of anilines is 1. The van der Waals surface area contributed by atoms with Crippen molar-refractivity contribution in [2.45, 2.75) is 13.3 Å². The van der Waals surface area contributed by atoms with Crippen molar-refractivity contribution in [3.05, 3.63) is 71.8 Å². The second kappa shape index (κ2) is 8.54. The molecule has 2 aromatic rings. The predicted octanol–water partition coefficient (Wildman–Crippen LogP) is 3.02. The van der Waals surface area contributed by atoms with Crippen LogP contribution in [0.4, 0.5) is 5.69 Å². The molecule has 2 amide bonds. The lowest BCUT2D eigenvalue weighted by molar-refractivity contribution is -0.121. The van der Waals surface area contributed by atoms with Gasteiger partial charge in [0, 0.05) is 11.8 Å². The van der Waals surface area contributed by atoms with Crippen LogP contribution in [-0.4, -0.2) is 18.4 Å². The summed E-state index contributed by atoms with van der Waals surface area (Å²) in [5.74, 6) is -0.542. The lowest BCUT2D eigenvalue weighted by Gasteiger charge is -2.09. The maximum absolute atomic E-state index is 11.9. The number of hydrogen-bond acceptors (Lipinski definition) is 2. The van der Waals surface area contributed by atoms with Gasteiger partial charge in [0.05, 0.1) is 6.54 Å². The van der Waals surface area contributed by atoms with Gasteiger partial charge in [0.1, 0.15) is 0 Å². The number of benzene rings is 2. The van der Waals surface area contributed by atoms with Crippen LogP contribution in [0.5, 0.6) is 0 Å². The van der Waals surface area contributed by atoms with E-state index >= 15 is 0 Å². The molecule has 0 bridgehead atoms. The number of aryl methyl sites for hydroxylation is 1. The summed E-state index contributed by atoms with van der Waals surface area (Å²) in [7, 11) is 0. The van der Waals surface area contributed by atoms with Gasteiger partial charge in [0.25, 0.3) is 0 Å². The molecule has 0 aliphatic carbocycles. The van der Waals surface area contributed by atoms with E-state index in [1.807, 2.05) is 61.5 Å². The first-order chi connectivity index (χ1) is 11.2. The Kier molecular flexibility index (Phi) is 6.12. The summed E-state index contributed by atoms with van der Waals surface area (Å²) in [6.07, 6.45) is 3.96. The van der Waals surface area contributed by atoms with Crippen molar-refractivity contribution in [1.82, 2.24) is 5.32 Å². The van der Waals surface area contributed by atoms with E-state index in [1.165, 1.54) is 6.08 Å². The van der Waals surface area contributed by atoms with E-state index in [9.17, 15) is 9.59 Å². The van der Waals surface area contributed by atoms with Crippen LogP contribution in [0.25, 0.3) is 6.08 Å². The SMILES string of the molecule is CCc1ccccc1NC(=O)CNC(=O)/C=C/c1ccccc1. The maximum Gasteiger partial charge on any atom is 0.244 e. The highest BCUT2D eigenvalue weighted by atomic mass is 16.2. The average molecular weight is 308 g/mol. The van der Waals surface area contributed by atoms with Gasteiger partial charge in [0.2, 0.25) is 11.8 Å². The lowest BCUT2D eigenvalue weighted by Crippen LogP contribution is -2.31. The van der Waals surface area contributed by atoms with E-state index in [4.69, 9.17) is 0 Å². The zero-order chi connectivity index (χ0) is 16.5. The van der Waals surface area contributed by atoms with Gasteiger partial charge in [-0.1, -0.05) is 55.5 Å². The van der Waals surface area contributed by atoms with Gasteiger partial charge in [-0.2, -0.15) is 0 Å². The summed E-state index contributed by atoms with van der Waals surface area (Å²) in [6, 6.07) is 17.1. The fourth-order valence-electron chi connectivity index (χ4n) is 2.11. The first-order valence-corrected chi connectivity index (χ1v) is 7.57. The molecule has 0 unspecified atom stereocenters. The number of nitrogens with one attached hydrogen (secondary N) is 2. The summed E-state index contributed by atoms with van der Waals surface area (Å²) in [5, 5.41) is 5.39. The molecule has 0 saturated carbocycles. The van der Waals surface area contributed by atoms with Crippen LogP contribution in [0.3, 0.4) is 0 Å². The molecule has 0 aliphatic heterocycles. The second-order valence-corrected chi connectivity index (χ2v) is 5.02. The number of carbonyl (C=O) groups is 2. The molecule has 118 valence electrons. The Morgan fingerprint density at radius 1 is 1.00 bits per heavy atom. The Morgan fingerprint density at radius 3 is 2.43 bits per heavy atom. The Morgan fingerprint density at radius 2 is 1.70 bits per heavy atom. The monoisotopic (exact) mass is 308 g/mol. The van der Waals surface area contributed by atoms with Gasteiger partial charge >= 0.3 is 0 Å². The molecule has 4 nitrogen and oxygen atoms in total. The van der Waals surface area contributed by atoms with Crippen LogP contribution in [0.15, 0.2) is 60.7 Å². The molecule has 0 spiro atoms. The lowest BCUT2D eigenvalue weighted by atomic mass is 10.1. The summed E-state index contributed by atoms with van der Waals surface area (Å²) in [6.45, 7) is 1.97. The van der Waals surface area contributed by atoms with E-state index in [-0.39, 0.29) is 18.4 Å². The van der Waals surface area contributed by atoms with Gasteiger partial charge in [-0.25, -0.2) is 0 Å². The second-order valence-electron chi connectivity index (χ2n) is 5.02. The Bertz CT molecular complexity index is 694. The third-order valence-corrected chi connectivity index (χ3v) is 3.32. The van der Waals surface area contributed by atoms with Gasteiger partial charge in [-0.3, -0.25) is 9.59 Å². The van der Waals surface area contributed by atoms with E-state index in [1.54, 1.807) is 6.08 Å². The third kappa shape index (κ3) is 5.43. The predicted molar refractivity (Wildman–Crippen MR) is 92.9 cm³/mol. The van der Waals surface area contributed by atoms with E-state index < -0.39 is 0 Å². The normalized spacial score (nSPS) is 10.5. The van der Waals surface area contributed by atoms with Crippen molar-refractivity contribution >= 4 is 23.6 Å². The molecule has 2 rings (SSSR count). The minimum absolute atomic E-state index is 0.0595. The molecule has 23 heavy (non-hydrogen) atoms. The van der Waals surface area contributed by atoms with Crippen molar-refractivity contribution in [2.24, 2.45) is 0 Å². The van der Waals surface area contributed by atoms with Crippen LogP contribution in [-0.2, 0) is 16.0 Å². The van der Waals surface area contributed by atoms with Gasteiger partial charge in [-0.15, -0.1) is 0 Å². The fourth-order valence-corrected chi connectivity index (χ4v) is 2.11. The highest BCUT2D eigenvalue weighted by Gasteiger charge is 2.06. The molecule has 0 aromatic heterocycles. The van der Waals surface area contributed by atoms with Crippen molar-refractivity contribution in [3.63, 3.8) is 0 Å². The number of amides is 2. The topological polar surface area (TPSA) is 58.2 Å². The van der Waals surface area contributed by atoms with E-state index in [0.717, 1.165) is 23.2 Å². The molecule has 0 saturated heterocycles. The molecule has 0 aliphatic rings. The number of hydrogen-bond donors (Lipinski definition) is 2. The standard InChI is InChI=1S/C19H20N2O2/c1-2-16-10-6-7-11-17(16)21-19(23)14-20-18(22)13-12-15-8-4-3-5-9-15/h3-13H,2,14H2,1H3,(H,20,22)(H,21,23)/b13-12+. The minimum Gasteiger partial charge on any atom is -0.343 e. The van der Waals surface area contributed by atoms with Gasteiger partial charge in [-0.05, 0) is 29.7 Å². The molecule has 2 N–H and O–H groups in total. The molecule has 4 heteroatoms. The third-order valence-electron chi connectivity index (χ3n) is 3.32. The van der Waals surface area contributed by atoms with Gasteiger partial charge < -0.3 is 10.6 Å². The summed E-state index contributed by atoms with van der Waals surface area (Å²) >= 11 is 0. The van der Waals surface area contributed by atoms with Crippen molar-refractivity contribution in [3.8, 4) is 0 Å². The minimum atomic E-state index is -0.298. The largest absolute Gasteiger partial charge is 0.343 e. The summed E-state index contributed by atoms with van der Waals surface area (Å²) in [4.78, 5) is 23.6. The maximum atomic E-state index is 11.9. The first kappa shape index (κ1) is 16.5. The smallest absolute Gasteiger partial charge is 0.244 e. The number of para-hydroxylation sites is 1. The first-order valence-electron chi connectivity index (χ1n) is 7.57. The van der Waals surface area contributed by atoms with Crippen LogP contribution >= 0.6 is 0 Å². The Balaban J connectivity index is 1.82. The molecule has 0 radical (unpaired) electrons. The van der Waals surface area contributed by atoms with E-state index in [2.05, 4.69) is 10.6 Å². The average Bonchev–Trinajstić information content (AvgIpc) is 2.59. The molecular weight excluding hydrogens is 288 g/mol. The quantitative estimate of drug-likeness (QED) is 0.806. The fraction of sp³-hybridized carbons (Fsp3) is 0.158. The molecule has 2 aromatic carbocycles. The number of rotatable bonds is 6. The van der Waals surface area contributed by atoms with Crippen molar-refractivity contribution in [2.75, 3.05) is 11.9 Å². The highest BCUT2D eigenvalue weighted by molar-refractivity contribution is 5.98. The highest BCUT2D eigenvalue weighted by Crippen LogP contribution is 2.14. The summed E-state index contributed by atoms with van der Waals surface area (Å²) < 4.78 is 0. The summed E-state index contributed by atoms with van der Waals surface area (Å²) in [5.41, 5.74) is 2.79. The van der Waals surface area contributed by atoms with E-state index in [0.29, 0.717) is 0 Å². The van der Waals surface area contributed by atoms with Crippen molar-refractivity contribution < 1.29 is 9.59 Å². The van der Waals surface area contributed by atoms with Crippen molar-refractivity contribution in [1.29, 1.82) is 0 Å².